The van der Waals surface area contributed by atoms with Crippen molar-refractivity contribution >= 4 is 17.7 Å². The zero-order chi connectivity index (χ0) is 22.5. The molecule has 0 radical (unpaired) electrons. The van der Waals surface area contributed by atoms with E-state index in [1.807, 2.05) is 0 Å². The molecule has 1 fully saturated rings. The number of Topliss-reactive ketones (excluding diaryl/α,β-unsaturated/α-hetero) is 2. The highest BCUT2D eigenvalue weighted by Crippen LogP contribution is 2.29. The highest BCUT2D eigenvalue weighted by Gasteiger charge is 2.57. The molecule has 1 aliphatic carbocycles. The minimum absolute atomic E-state index is 0.0345. The third-order valence-corrected chi connectivity index (χ3v) is 4.18. The summed E-state index contributed by atoms with van der Waals surface area (Å²) in [5.41, 5.74) is 0. The van der Waals surface area contributed by atoms with Gasteiger partial charge in [0.05, 0.1) is 13.2 Å². The number of carbonyl (C=O) groups excluding carboxylic acids is 3. The average molecular weight is 435 g/mol. The second kappa shape index (κ2) is 9.52. The van der Waals surface area contributed by atoms with E-state index in [-0.39, 0.29) is 30.5 Å². The summed E-state index contributed by atoms with van der Waals surface area (Å²) in [5.74, 6) is -2.78. The molecule has 0 saturated heterocycles. The molecule has 0 spiro atoms. The molecule has 0 aromatic heterocycles. The topological polar surface area (TPSA) is 91.4 Å². The van der Waals surface area contributed by atoms with Crippen LogP contribution in [0.25, 0.3) is 0 Å². The van der Waals surface area contributed by atoms with E-state index in [1.165, 1.54) is 24.3 Å². The van der Waals surface area contributed by atoms with Crippen LogP contribution in [-0.4, -0.2) is 48.1 Å². The summed E-state index contributed by atoms with van der Waals surface area (Å²) in [4.78, 5) is 41.3. The Kier molecular flexibility index (Phi) is 6.81. The molecule has 0 bridgehead atoms. The number of halogens is 2. The molecule has 2 atom stereocenters. The van der Waals surface area contributed by atoms with Crippen LogP contribution in [-0.2, 0) is 19.2 Å². The number of benzene rings is 2. The van der Waals surface area contributed by atoms with Crippen LogP contribution in [0, 0.1) is 11.6 Å². The van der Waals surface area contributed by atoms with Crippen LogP contribution < -0.4 is 9.47 Å². The normalized spacial score (nSPS) is 17.7. The van der Waals surface area contributed by atoms with Crippen LogP contribution in [0.5, 0.6) is 17.2 Å². The summed E-state index contributed by atoms with van der Waals surface area (Å²) in [5, 5.41) is 0.702. The lowest BCUT2D eigenvalue weighted by molar-refractivity contribution is -0.197. The molecule has 8 nitrogen and oxygen atoms in total. The summed E-state index contributed by atoms with van der Waals surface area (Å²) < 4.78 is 42.3. The minimum atomic E-state index is -1.28. The number of ether oxygens (including phenoxy) is 3. The van der Waals surface area contributed by atoms with Gasteiger partial charge in [0.1, 0.15) is 28.9 Å². The molecule has 10 heteroatoms. The first-order valence-electron chi connectivity index (χ1n) is 9.41. The van der Waals surface area contributed by atoms with Crippen LogP contribution >= 0.6 is 0 Å². The lowest BCUT2D eigenvalue weighted by Gasteiger charge is -2.38. The predicted octanol–water partition coefficient (Wildman–Crippen LogP) is 3.43. The molecule has 1 saturated carbocycles. The van der Waals surface area contributed by atoms with Gasteiger partial charge in [0.25, 0.3) is 0 Å². The molecule has 2 aromatic carbocycles. The van der Waals surface area contributed by atoms with Crippen molar-refractivity contribution in [3.63, 3.8) is 0 Å². The van der Waals surface area contributed by atoms with E-state index >= 15 is 0 Å². The molecular weight excluding hydrogens is 416 g/mol. The van der Waals surface area contributed by atoms with E-state index in [1.54, 1.807) is 13.8 Å². The minimum Gasteiger partial charge on any atom is -0.479 e. The van der Waals surface area contributed by atoms with Gasteiger partial charge < -0.3 is 14.2 Å². The summed E-state index contributed by atoms with van der Waals surface area (Å²) in [6.45, 7) is 3.32. The molecule has 0 aliphatic heterocycles. The summed E-state index contributed by atoms with van der Waals surface area (Å²) in [6, 6.07) is 7.26. The van der Waals surface area contributed by atoms with Crippen LogP contribution in [0.1, 0.15) is 13.8 Å². The van der Waals surface area contributed by atoms with Gasteiger partial charge in [-0.05, 0) is 38.1 Å². The fourth-order valence-electron chi connectivity index (χ4n) is 2.85. The standard InChI is InChI=1S/C21H19F2NO7/c1-3-28-21(27)24(29-4-2)17-18(25)19(26)20(17)31-15-7-5-14(6-8-15)30-16-10-12(22)9-13(23)11-16/h5-11,17,20H,3-4H2,1-2H3. The van der Waals surface area contributed by atoms with Gasteiger partial charge in [-0.15, -0.1) is 0 Å². The van der Waals surface area contributed by atoms with Gasteiger partial charge in [-0.3, -0.25) is 14.4 Å². The van der Waals surface area contributed by atoms with Gasteiger partial charge in [0.15, 0.2) is 12.1 Å². The highest BCUT2D eigenvalue weighted by molar-refractivity contribution is 6.48. The van der Waals surface area contributed by atoms with Crippen molar-refractivity contribution < 1.29 is 42.2 Å². The Bertz CT molecular complexity index is 960. The molecule has 1 aliphatic rings. The van der Waals surface area contributed by atoms with E-state index in [4.69, 9.17) is 19.0 Å². The van der Waals surface area contributed by atoms with Crippen LogP contribution in [0.15, 0.2) is 42.5 Å². The molecule has 31 heavy (non-hydrogen) atoms. The third kappa shape index (κ3) is 4.97. The molecular formula is C21H19F2NO7. The summed E-state index contributed by atoms with van der Waals surface area (Å²) >= 11 is 0. The molecule has 0 heterocycles. The van der Waals surface area contributed by atoms with E-state index in [2.05, 4.69) is 0 Å². The van der Waals surface area contributed by atoms with Crippen molar-refractivity contribution in [3.8, 4) is 17.2 Å². The second-order valence-electron chi connectivity index (χ2n) is 6.33. The number of ketones is 2. The molecule has 1 amide bonds. The van der Waals surface area contributed by atoms with Gasteiger partial charge in [-0.25, -0.2) is 13.6 Å². The number of hydroxylamine groups is 2. The van der Waals surface area contributed by atoms with Crippen LogP contribution in [0.4, 0.5) is 13.6 Å². The first-order chi connectivity index (χ1) is 14.8. The zero-order valence-corrected chi connectivity index (χ0v) is 16.7. The van der Waals surface area contributed by atoms with Gasteiger partial charge >= 0.3 is 6.09 Å². The predicted molar refractivity (Wildman–Crippen MR) is 102 cm³/mol. The summed E-state index contributed by atoms with van der Waals surface area (Å²) in [7, 11) is 0. The molecule has 164 valence electrons. The number of hydrogen-bond acceptors (Lipinski definition) is 7. The van der Waals surface area contributed by atoms with Gasteiger partial charge in [0.2, 0.25) is 11.6 Å². The molecule has 0 N–H and O–H groups in total. The Balaban J connectivity index is 1.71. The Morgan fingerprint density at radius 3 is 2.10 bits per heavy atom. The number of hydrogen-bond donors (Lipinski definition) is 0. The first kappa shape index (κ1) is 22.2. The number of carbonyl (C=O) groups is 3. The Hall–Kier alpha value is -3.53. The van der Waals surface area contributed by atoms with Gasteiger partial charge in [-0.2, -0.15) is 5.06 Å². The molecule has 2 aromatic rings. The zero-order valence-electron chi connectivity index (χ0n) is 16.7. The fraction of sp³-hybridized carbons (Fsp3) is 0.286. The van der Waals surface area contributed by atoms with Crippen molar-refractivity contribution in [1.29, 1.82) is 0 Å². The van der Waals surface area contributed by atoms with Crippen molar-refractivity contribution in [2.24, 2.45) is 0 Å². The monoisotopic (exact) mass is 435 g/mol. The smallest absolute Gasteiger partial charge is 0.434 e. The number of rotatable bonds is 8. The third-order valence-electron chi connectivity index (χ3n) is 4.18. The van der Waals surface area contributed by atoms with Gasteiger partial charge in [0, 0.05) is 18.2 Å². The maximum atomic E-state index is 13.3. The maximum absolute atomic E-state index is 13.3. The Morgan fingerprint density at radius 2 is 1.52 bits per heavy atom. The average Bonchev–Trinajstić information content (AvgIpc) is 2.73. The Labute approximate surface area is 176 Å². The lowest BCUT2D eigenvalue weighted by Crippen LogP contribution is -2.68. The summed E-state index contributed by atoms with van der Waals surface area (Å²) in [6.07, 6.45) is -2.18. The second-order valence-corrected chi connectivity index (χ2v) is 6.33. The number of nitrogens with zero attached hydrogens (tertiary/aromatic N) is 1. The first-order valence-corrected chi connectivity index (χ1v) is 9.41. The largest absolute Gasteiger partial charge is 0.479 e. The van der Waals surface area contributed by atoms with Crippen molar-refractivity contribution in [2.75, 3.05) is 13.2 Å². The van der Waals surface area contributed by atoms with E-state index in [9.17, 15) is 23.2 Å². The SMILES string of the molecule is CCOC(=O)N(OCC)C1C(=O)C(=O)C1Oc1ccc(Oc2cc(F)cc(F)c2)cc1. The lowest BCUT2D eigenvalue weighted by atomic mass is 9.85. The Morgan fingerprint density at radius 1 is 0.903 bits per heavy atom. The van der Waals surface area contributed by atoms with Crippen LogP contribution in [0.2, 0.25) is 0 Å². The van der Waals surface area contributed by atoms with E-state index in [0.717, 1.165) is 18.2 Å². The van der Waals surface area contributed by atoms with Crippen molar-refractivity contribution in [1.82, 2.24) is 5.06 Å². The molecule has 2 unspecified atom stereocenters. The molecule has 3 rings (SSSR count). The van der Waals surface area contributed by atoms with E-state index < -0.39 is 41.4 Å². The fourth-order valence-corrected chi connectivity index (χ4v) is 2.85. The number of amides is 1. The quantitative estimate of drug-likeness (QED) is 0.463. The van der Waals surface area contributed by atoms with Crippen molar-refractivity contribution in [3.05, 3.63) is 54.1 Å². The van der Waals surface area contributed by atoms with Crippen LogP contribution in [0.3, 0.4) is 0 Å². The van der Waals surface area contributed by atoms with E-state index in [0.29, 0.717) is 5.06 Å². The maximum Gasteiger partial charge on any atom is 0.434 e. The highest BCUT2D eigenvalue weighted by atomic mass is 19.1. The van der Waals surface area contributed by atoms with Crippen molar-refractivity contribution in [2.45, 2.75) is 26.0 Å². The van der Waals surface area contributed by atoms with Gasteiger partial charge in [-0.1, -0.05) is 0 Å².